The van der Waals surface area contributed by atoms with Gasteiger partial charge in [0.1, 0.15) is 0 Å². The number of carbonyl (C=O) groups excluding carboxylic acids is 1. The molecule has 0 spiro atoms. The number of carbonyl (C=O) groups is 1. The first-order chi connectivity index (χ1) is 13.4. The molecule has 1 N–H and O–H groups in total. The third-order valence-electron chi connectivity index (χ3n) is 4.26. The molecule has 0 aliphatic carbocycles. The highest BCUT2D eigenvalue weighted by molar-refractivity contribution is 7.92. The van der Waals surface area contributed by atoms with Crippen LogP contribution in [0.2, 0.25) is 5.02 Å². The second-order valence-electron chi connectivity index (χ2n) is 6.14. The maximum atomic E-state index is 12.8. The number of hydrogen-bond acceptors (Lipinski definition) is 3. The van der Waals surface area contributed by atoms with Crippen LogP contribution in [0.5, 0.6) is 0 Å². The molecule has 0 unspecified atom stereocenters. The smallest absolute Gasteiger partial charge is 0.264 e. The van der Waals surface area contributed by atoms with Gasteiger partial charge < -0.3 is 5.32 Å². The molecule has 5 nitrogen and oxygen atoms in total. The lowest BCUT2D eigenvalue weighted by Crippen LogP contribution is -2.27. The molecule has 3 aromatic carbocycles. The molecule has 0 fully saturated rings. The Morgan fingerprint density at radius 3 is 2.14 bits per heavy atom. The van der Waals surface area contributed by atoms with Crippen molar-refractivity contribution in [1.29, 1.82) is 0 Å². The Morgan fingerprint density at radius 2 is 1.54 bits per heavy atom. The fourth-order valence-electron chi connectivity index (χ4n) is 2.60. The minimum Gasteiger partial charge on any atom is -0.348 e. The summed E-state index contributed by atoms with van der Waals surface area (Å²) in [5, 5.41) is 3.43. The molecule has 7 heteroatoms. The average molecular weight is 415 g/mol. The number of hydrogen-bond donors (Lipinski definition) is 1. The second kappa shape index (κ2) is 8.46. The largest absolute Gasteiger partial charge is 0.348 e. The summed E-state index contributed by atoms with van der Waals surface area (Å²) >= 11 is 5.84. The summed E-state index contributed by atoms with van der Waals surface area (Å²) in [5.74, 6) is -0.282. The van der Waals surface area contributed by atoms with Crippen LogP contribution in [0.4, 0.5) is 5.69 Å². The van der Waals surface area contributed by atoms with Crippen molar-refractivity contribution in [3.8, 4) is 0 Å². The highest BCUT2D eigenvalue weighted by Crippen LogP contribution is 2.22. The zero-order valence-electron chi connectivity index (χ0n) is 15.2. The van der Waals surface area contributed by atoms with Gasteiger partial charge in [0.15, 0.2) is 0 Å². The van der Waals surface area contributed by atoms with Gasteiger partial charge in [-0.3, -0.25) is 9.10 Å². The lowest BCUT2D eigenvalue weighted by molar-refractivity contribution is 0.0951. The van der Waals surface area contributed by atoms with E-state index < -0.39 is 10.0 Å². The van der Waals surface area contributed by atoms with Gasteiger partial charge in [0.2, 0.25) is 0 Å². The summed E-state index contributed by atoms with van der Waals surface area (Å²) in [7, 11) is -2.21. The zero-order valence-corrected chi connectivity index (χ0v) is 16.7. The van der Waals surface area contributed by atoms with Crippen molar-refractivity contribution in [2.45, 2.75) is 11.4 Å². The van der Waals surface area contributed by atoms with E-state index in [0.717, 1.165) is 5.56 Å². The van der Waals surface area contributed by atoms with Crippen LogP contribution in [-0.4, -0.2) is 21.4 Å². The summed E-state index contributed by atoms with van der Waals surface area (Å²) in [6, 6.07) is 21.9. The molecular weight excluding hydrogens is 396 g/mol. The minimum absolute atomic E-state index is 0.119. The van der Waals surface area contributed by atoms with Gasteiger partial charge in [0.25, 0.3) is 15.9 Å². The summed E-state index contributed by atoms with van der Waals surface area (Å²) in [5.41, 5.74) is 1.86. The Hall–Kier alpha value is -2.83. The number of benzene rings is 3. The van der Waals surface area contributed by atoms with E-state index in [1.54, 1.807) is 36.4 Å². The molecule has 0 radical (unpaired) electrons. The van der Waals surface area contributed by atoms with E-state index >= 15 is 0 Å². The molecule has 1 amide bonds. The van der Waals surface area contributed by atoms with Gasteiger partial charge in [0, 0.05) is 24.2 Å². The first-order valence-corrected chi connectivity index (χ1v) is 10.4. The fraction of sp³-hybridized carbons (Fsp3) is 0.0952. The fourth-order valence-corrected chi connectivity index (χ4v) is 3.92. The molecule has 0 bridgehead atoms. The van der Waals surface area contributed by atoms with E-state index in [4.69, 9.17) is 11.6 Å². The third kappa shape index (κ3) is 4.52. The third-order valence-corrected chi connectivity index (χ3v) is 6.31. The van der Waals surface area contributed by atoms with Crippen molar-refractivity contribution >= 4 is 33.2 Å². The molecule has 0 aliphatic rings. The topological polar surface area (TPSA) is 66.5 Å². The average Bonchev–Trinajstić information content (AvgIpc) is 2.73. The van der Waals surface area contributed by atoms with Crippen LogP contribution in [0.1, 0.15) is 15.9 Å². The van der Waals surface area contributed by atoms with E-state index in [9.17, 15) is 13.2 Å². The second-order valence-corrected chi connectivity index (χ2v) is 8.55. The van der Waals surface area contributed by atoms with Gasteiger partial charge in [0.05, 0.1) is 10.6 Å². The molecular formula is C21H19ClN2O3S. The minimum atomic E-state index is -3.70. The molecule has 28 heavy (non-hydrogen) atoms. The predicted octanol–water partition coefficient (Wildman–Crippen LogP) is 4.10. The van der Waals surface area contributed by atoms with Crippen LogP contribution in [0, 0.1) is 0 Å². The molecule has 0 saturated heterocycles. The molecule has 3 aromatic rings. The molecule has 0 aromatic heterocycles. The van der Waals surface area contributed by atoms with E-state index in [2.05, 4.69) is 5.32 Å². The summed E-state index contributed by atoms with van der Waals surface area (Å²) in [6.07, 6.45) is 0. The Balaban J connectivity index is 1.70. The normalized spacial score (nSPS) is 11.1. The van der Waals surface area contributed by atoms with Gasteiger partial charge in [-0.05, 0) is 54.1 Å². The zero-order chi connectivity index (χ0) is 20.1. The summed E-state index contributed by atoms with van der Waals surface area (Å²) < 4.78 is 26.7. The molecule has 144 valence electrons. The van der Waals surface area contributed by atoms with Crippen molar-refractivity contribution in [1.82, 2.24) is 5.32 Å². The number of sulfonamides is 1. The maximum absolute atomic E-state index is 12.8. The number of nitrogens with zero attached hydrogens (tertiary/aromatic N) is 1. The van der Waals surface area contributed by atoms with Crippen LogP contribution in [0.25, 0.3) is 0 Å². The van der Waals surface area contributed by atoms with Gasteiger partial charge in [-0.2, -0.15) is 0 Å². The van der Waals surface area contributed by atoms with E-state index in [1.165, 1.54) is 35.6 Å². The van der Waals surface area contributed by atoms with Gasteiger partial charge in [-0.25, -0.2) is 8.42 Å². The maximum Gasteiger partial charge on any atom is 0.264 e. The summed E-state index contributed by atoms with van der Waals surface area (Å²) in [6.45, 7) is 0.354. The Morgan fingerprint density at radius 1 is 0.929 bits per heavy atom. The molecule has 0 atom stereocenters. The Bertz CT molecular complexity index is 1050. The van der Waals surface area contributed by atoms with E-state index in [1.807, 2.05) is 18.2 Å². The van der Waals surface area contributed by atoms with Gasteiger partial charge >= 0.3 is 0 Å². The summed E-state index contributed by atoms with van der Waals surface area (Å²) in [4.78, 5) is 12.4. The number of nitrogens with one attached hydrogen (secondary N) is 1. The Labute approximate surface area is 169 Å². The number of rotatable bonds is 6. The van der Waals surface area contributed by atoms with Crippen molar-refractivity contribution in [3.63, 3.8) is 0 Å². The van der Waals surface area contributed by atoms with Crippen LogP contribution < -0.4 is 9.62 Å². The van der Waals surface area contributed by atoms with Gasteiger partial charge in [-0.1, -0.05) is 41.9 Å². The SMILES string of the molecule is CN(c1ccccc1)S(=O)(=O)c1ccc(C(=O)NCc2ccc(Cl)cc2)cc1. The highest BCUT2D eigenvalue weighted by atomic mass is 35.5. The number of halogens is 1. The predicted molar refractivity (Wildman–Crippen MR) is 111 cm³/mol. The molecule has 0 saturated carbocycles. The first kappa shape index (κ1) is 19.9. The van der Waals surface area contributed by atoms with E-state index in [-0.39, 0.29) is 10.8 Å². The number of para-hydroxylation sites is 1. The lowest BCUT2D eigenvalue weighted by atomic mass is 10.2. The lowest BCUT2D eigenvalue weighted by Gasteiger charge is -2.19. The van der Waals surface area contributed by atoms with Gasteiger partial charge in [-0.15, -0.1) is 0 Å². The quantitative estimate of drug-likeness (QED) is 0.660. The van der Waals surface area contributed by atoms with E-state index in [0.29, 0.717) is 22.8 Å². The monoisotopic (exact) mass is 414 g/mol. The molecule has 0 aliphatic heterocycles. The van der Waals surface area contributed by atoms with Crippen molar-refractivity contribution in [2.75, 3.05) is 11.4 Å². The van der Waals surface area contributed by atoms with Crippen LogP contribution >= 0.6 is 11.6 Å². The molecule has 3 rings (SSSR count). The standard InChI is InChI=1S/C21H19ClN2O3S/c1-24(19-5-3-2-4-6-19)28(26,27)20-13-9-17(10-14-20)21(25)23-15-16-7-11-18(22)12-8-16/h2-14H,15H2,1H3,(H,23,25). The first-order valence-electron chi connectivity index (χ1n) is 8.54. The van der Waals surface area contributed by atoms with Crippen LogP contribution in [-0.2, 0) is 16.6 Å². The molecule has 0 heterocycles. The Kier molecular flexibility index (Phi) is 6.02. The number of anilines is 1. The van der Waals surface area contributed by atoms with Crippen LogP contribution in [0.15, 0.2) is 83.8 Å². The number of amides is 1. The highest BCUT2D eigenvalue weighted by Gasteiger charge is 2.21. The van der Waals surface area contributed by atoms with Crippen molar-refractivity contribution in [2.24, 2.45) is 0 Å². The van der Waals surface area contributed by atoms with Crippen molar-refractivity contribution < 1.29 is 13.2 Å². The van der Waals surface area contributed by atoms with Crippen LogP contribution in [0.3, 0.4) is 0 Å². The van der Waals surface area contributed by atoms with Crippen molar-refractivity contribution in [3.05, 3.63) is 95.0 Å².